The zero-order valence-corrected chi connectivity index (χ0v) is 13.2. The first kappa shape index (κ1) is 14.5. The fraction of sp³-hybridized carbons (Fsp3) is 0.263. The summed E-state index contributed by atoms with van der Waals surface area (Å²) in [5, 5.41) is 1.03. The fourth-order valence-corrected chi connectivity index (χ4v) is 3.14. The van der Waals surface area contributed by atoms with Gasteiger partial charge in [-0.2, -0.15) is 0 Å². The van der Waals surface area contributed by atoms with Gasteiger partial charge in [-0.05, 0) is 31.0 Å². The van der Waals surface area contributed by atoms with Crippen LogP contribution in [0.4, 0.5) is 0 Å². The molecule has 2 aromatic heterocycles. The third-order valence-corrected chi connectivity index (χ3v) is 4.03. The van der Waals surface area contributed by atoms with Crippen molar-refractivity contribution < 1.29 is 4.79 Å². The number of hydrogen-bond donors (Lipinski definition) is 0. The van der Waals surface area contributed by atoms with Gasteiger partial charge in [0.25, 0.3) is 0 Å². The number of rotatable bonds is 4. The van der Waals surface area contributed by atoms with Crippen LogP contribution in [0.1, 0.15) is 48.3 Å². The predicted molar refractivity (Wildman–Crippen MR) is 89.4 cm³/mol. The summed E-state index contributed by atoms with van der Waals surface area (Å²) in [6, 6.07) is 11.8. The topological polar surface area (TPSA) is 34.9 Å². The molecule has 0 saturated carbocycles. The minimum Gasteiger partial charge on any atom is -0.344 e. The zero-order valence-electron chi connectivity index (χ0n) is 13.2. The molecule has 0 bridgehead atoms. The maximum absolute atomic E-state index is 13.1. The van der Waals surface area contributed by atoms with E-state index in [2.05, 4.69) is 36.4 Å². The van der Waals surface area contributed by atoms with Crippen LogP contribution in [0.25, 0.3) is 10.9 Å². The van der Waals surface area contributed by atoms with Crippen LogP contribution in [0.2, 0.25) is 0 Å². The Bertz CT molecular complexity index is 816. The first-order valence-corrected chi connectivity index (χ1v) is 7.71. The lowest BCUT2D eigenvalue weighted by atomic mass is 9.97. The maximum atomic E-state index is 13.1. The summed E-state index contributed by atoms with van der Waals surface area (Å²) >= 11 is 0. The molecule has 0 N–H and O–H groups in total. The van der Waals surface area contributed by atoms with Gasteiger partial charge in [0.1, 0.15) is 0 Å². The van der Waals surface area contributed by atoms with Crippen LogP contribution in [0.5, 0.6) is 0 Å². The molecule has 0 saturated heterocycles. The van der Waals surface area contributed by atoms with Crippen molar-refractivity contribution in [2.24, 2.45) is 0 Å². The molecule has 0 spiro atoms. The highest BCUT2D eigenvalue weighted by Gasteiger charge is 2.24. The summed E-state index contributed by atoms with van der Waals surface area (Å²) in [5.41, 5.74) is 3.70. The Balaban J connectivity index is 2.33. The molecule has 0 radical (unpaired) electrons. The molecule has 112 valence electrons. The first-order chi connectivity index (χ1) is 10.6. The van der Waals surface area contributed by atoms with Crippen molar-refractivity contribution in [3.8, 4) is 0 Å². The van der Waals surface area contributed by atoms with Crippen molar-refractivity contribution in [3.63, 3.8) is 0 Å². The Morgan fingerprint density at radius 3 is 2.59 bits per heavy atom. The standard InChI is InChI=1S/C19H20N2O/c1-4-21-16-10-6-5-9-15(16)17(18(21)13(2)3)19(22)14-8-7-11-20-12-14/h5-13H,4H2,1-3H3. The highest BCUT2D eigenvalue weighted by Crippen LogP contribution is 2.32. The van der Waals surface area contributed by atoms with E-state index in [1.807, 2.05) is 24.3 Å². The van der Waals surface area contributed by atoms with Gasteiger partial charge in [-0.25, -0.2) is 0 Å². The lowest BCUT2D eigenvalue weighted by molar-refractivity contribution is 0.103. The average molecular weight is 292 g/mol. The van der Waals surface area contributed by atoms with Crippen LogP contribution in [0, 0.1) is 0 Å². The second kappa shape index (κ2) is 5.76. The number of aromatic nitrogens is 2. The van der Waals surface area contributed by atoms with Crippen molar-refractivity contribution >= 4 is 16.7 Å². The summed E-state index contributed by atoms with van der Waals surface area (Å²) in [5.74, 6) is 0.336. The lowest BCUT2D eigenvalue weighted by Crippen LogP contribution is -2.09. The molecule has 0 aliphatic heterocycles. The van der Waals surface area contributed by atoms with E-state index in [0.717, 1.165) is 28.7 Å². The lowest BCUT2D eigenvalue weighted by Gasteiger charge is -2.13. The van der Waals surface area contributed by atoms with Crippen molar-refractivity contribution in [1.29, 1.82) is 0 Å². The molecule has 3 heteroatoms. The molecule has 0 aliphatic rings. The predicted octanol–water partition coefficient (Wildman–Crippen LogP) is 4.41. The quantitative estimate of drug-likeness (QED) is 0.668. The number of ketones is 1. The molecule has 0 aliphatic carbocycles. The van der Waals surface area contributed by atoms with Gasteiger partial charge in [0, 0.05) is 41.1 Å². The van der Waals surface area contributed by atoms with Gasteiger partial charge < -0.3 is 4.57 Å². The smallest absolute Gasteiger partial charge is 0.197 e. The fourth-order valence-electron chi connectivity index (χ4n) is 3.14. The van der Waals surface area contributed by atoms with Crippen LogP contribution in [-0.2, 0) is 6.54 Å². The Kier molecular flexibility index (Phi) is 3.80. The molecule has 0 atom stereocenters. The second-order valence-corrected chi connectivity index (χ2v) is 5.75. The molecule has 3 nitrogen and oxygen atoms in total. The third-order valence-electron chi connectivity index (χ3n) is 4.03. The normalized spacial score (nSPS) is 11.3. The number of hydrogen-bond acceptors (Lipinski definition) is 2. The van der Waals surface area contributed by atoms with Gasteiger partial charge in [0.05, 0.1) is 5.56 Å². The minimum atomic E-state index is 0.0557. The summed E-state index contributed by atoms with van der Waals surface area (Å²) in [7, 11) is 0. The van der Waals surface area contributed by atoms with Crippen LogP contribution >= 0.6 is 0 Å². The number of para-hydroxylation sites is 1. The van der Waals surface area contributed by atoms with E-state index in [1.165, 1.54) is 0 Å². The van der Waals surface area contributed by atoms with Crippen LogP contribution in [0.15, 0.2) is 48.8 Å². The molecule has 22 heavy (non-hydrogen) atoms. The number of pyridine rings is 1. The van der Waals surface area contributed by atoms with Crippen LogP contribution in [0.3, 0.4) is 0 Å². The summed E-state index contributed by atoms with van der Waals surface area (Å²) in [6.07, 6.45) is 3.33. The number of nitrogens with zero attached hydrogens (tertiary/aromatic N) is 2. The van der Waals surface area contributed by atoms with E-state index >= 15 is 0 Å². The van der Waals surface area contributed by atoms with Gasteiger partial charge in [-0.3, -0.25) is 9.78 Å². The molecule has 3 rings (SSSR count). The maximum Gasteiger partial charge on any atom is 0.197 e. The number of carbonyl (C=O) groups is 1. The van der Waals surface area contributed by atoms with Crippen LogP contribution < -0.4 is 0 Å². The molecule has 1 aromatic carbocycles. The molecular formula is C19H20N2O. The largest absolute Gasteiger partial charge is 0.344 e. The molecule has 2 heterocycles. The second-order valence-electron chi connectivity index (χ2n) is 5.75. The van der Waals surface area contributed by atoms with Crippen molar-refractivity contribution in [2.75, 3.05) is 0 Å². The SMILES string of the molecule is CCn1c(C(C)C)c(C(=O)c2cccnc2)c2ccccc21. The van der Waals surface area contributed by atoms with Gasteiger partial charge in [-0.15, -0.1) is 0 Å². The van der Waals surface area contributed by atoms with E-state index in [-0.39, 0.29) is 11.7 Å². The third kappa shape index (κ3) is 2.23. The van der Waals surface area contributed by atoms with E-state index in [0.29, 0.717) is 5.56 Å². The Hall–Kier alpha value is -2.42. The van der Waals surface area contributed by atoms with Crippen molar-refractivity contribution in [3.05, 3.63) is 65.6 Å². The Morgan fingerprint density at radius 1 is 1.18 bits per heavy atom. The number of carbonyl (C=O) groups excluding carboxylic acids is 1. The zero-order chi connectivity index (χ0) is 15.7. The van der Waals surface area contributed by atoms with E-state index < -0.39 is 0 Å². The monoisotopic (exact) mass is 292 g/mol. The Morgan fingerprint density at radius 2 is 1.95 bits per heavy atom. The van der Waals surface area contributed by atoms with Crippen LogP contribution in [-0.4, -0.2) is 15.3 Å². The average Bonchev–Trinajstić information content (AvgIpc) is 2.89. The number of benzene rings is 1. The first-order valence-electron chi connectivity index (χ1n) is 7.71. The van der Waals surface area contributed by atoms with Gasteiger partial charge >= 0.3 is 0 Å². The molecular weight excluding hydrogens is 272 g/mol. The Labute approximate surface area is 130 Å². The van der Waals surface area contributed by atoms with Gasteiger partial charge in [-0.1, -0.05) is 32.0 Å². The van der Waals surface area contributed by atoms with Gasteiger partial charge in [0.2, 0.25) is 0 Å². The number of aryl methyl sites for hydroxylation is 1. The summed E-state index contributed by atoms with van der Waals surface area (Å²) < 4.78 is 2.25. The van der Waals surface area contributed by atoms with E-state index in [4.69, 9.17) is 0 Å². The highest BCUT2D eigenvalue weighted by molar-refractivity contribution is 6.17. The van der Waals surface area contributed by atoms with E-state index in [9.17, 15) is 4.79 Å². The molecule has 0 unspecified atom stereocenters. The summed E-state index contributed by atoms with van der Waals surface area (Å²) in [4.78, 5) is 17.1. The molecule has 0 amide bonds. The van der Waals surface area contributed by atoms with Gasteiger partial charge in [0.15, 0.2) is 5.78 Å². The minimum absolute atomic E-state index is 0.0557. The molecule has 3 aromatic rings. The summed E-state index contributed by atoms with van der Waals surface area (Å²) in [6.45, 7) is 7.26. The van der Waals surface area contributed by atoms with Crippen molar-refractivity contribution in [1.82, 2.24) is 9.55 Å². The molecule has 0 fully saturated rings. The number of fused-ring (bicyclic) bond motifs is 1. The van der Waals surface area contributed by atoms with Crippen molar-refractivity contribution in [2.45, 2.75) is 33.2 Å². The van der Waals surface area contributed by atoms with E-state index in [1.54, 1.807) is 18.5 Å². The highest BCUT2D eigenvalue weighted by atomic mass is 16.1.